The van der Waals surface area contributed by atoms with Gasteiger partial charge in [-0.2, -0.15) is 0 Å². The highest BCUT2D eigenvalue weighted by atomic mass is 35.5. The van der Waals surface area contributed by atoms with Crippen molar-refractivity contribution in [1.82, 2.24) is 16.2 Å². The zero-order valence-electron chi connectivity index (χ0n) is 12.7. The number of nitro groups is 1. The first-order valence-electron chi connectivity index (χ1n) is 6.84. The van der Waals surface area contributed by atoms with Crippen LogP contribution in [0.5, 0.6) is 0 Å². The van der Waals surface area contributed by atoms with Crippen LogP contribution in [0.1, 0.15) is 20.3 Å². The number of thiocarbonyl (C=S) groups is 2. The van der Waals surface area contributed by atoms with E-state index < -0.39 is 4.92 Å². The number of hydrogen-bond donors (Lipinski definition) is 4. The van der Waals surface area contributed by atoms with Crippen LogP contribution < -0.4 is 21.5 Å². The fourth-order valence-corrected chi connectivity index (χ4v) is 1.99. The van der Waals surface area contributed by atoms with E-state index in [4.69, 9.17) is 36.0 Å². The Morgan fingerprint density at radius 1 is 1.30 bits per heavy atom. The number of hydrazine groups is 1. The summed E-state index contributed by atoms with van der Waals surface area (Å²) in [5.41, 5.74) is 5.65. The summed E-state index contributed by atoms with van der Waals surface area (Å²) in [7, 11) is 0. The van der Waals surface area contributed by atoms with Gasteiger partial charge >= 0.3 is 0 Å². The molecule has 126 valence electrons. The summed E-state index contributed by atoms with van der Waals surface area (Å²) in [6, 6.07) is 4.04. The van der Waals surface area contributed by atoms with Gasteiger partial charge in [-0.3, -0.25) is 21.0 Å². The van der Waals surface area contributed by atoms with Gasteiger partial charge in [0.2, 0.25) is 0 Å². The monoisotopic (exact) mass is 375 g/mol. The number of rotatable bonds is 5. The molecule has 4 N–H and O–H groups in total. The van der Waals surface area contributed by atoms with E-state index in [0.717, 1.165) is 13.0 Å². The lowest BCUT2D eigenvalue weighted by molar-refractivity contribution is -0.384. The van der Waals surface area contributed by atoms with Crippen molar-refractivity contribution < 1.29 is 4.92 Å². The molecule has 0 atom stereocenters. The van der Waals surface area contributed by atoms with Crippen LogP contribution in [0, 0.1) is 16.0 Å². The molecule has 0 saturated heterocycles. The second-order valence-electron chi connectivity index (χ2n) is 5.06. The topological polar surface area (TPSA) is 91.3 Å². The third-order valence-electron chi connectivity index (χ3n) is 2.71. The number of halogens is 1. The summed E-state index contributed by atoms with van der Waals surface area (Å²) < 4.78 is 0. The van der Waals surface area contributed by atoms with Crippen LogP contribution >= 0.6 is 36.0 Å². The Bertz CT molecular complexity index is 598. The molecular formula is C13H18ClN5O2S2. The molecule has 7 nitrogen and oxygen atoms in total. The van der Waals surface area contributed by atoms with Crippen LogP contribution in [-0.2, 0) is 0 Å². The maximum atomic E-state index is 10.8. The molecule has 1 rings (SSSR count). The van der Waals surface area contributed by atoms with Gasteiger partial charge < -0.3 is 10.6 Å². The van der Waals surface area contributed by atoms with Crippen LogP contribution in [0.2, 0.25) is 5.02 Å². The van der Waals surface area contributed by atoms with E-state index >= 15 is 0 Å². The lowest BCUT2D eigenvalue weighted by Crippen LogP contribution is -2.48. The highest BCUT2D eigenvalue weighted by molar-refractivity contribution is 7.80. The molecule has 10 heteroatoms. The predicted molar refractivity (Wildman–Crippen MR) is 101 cm³/mol. The molecule has 0 bridgehead atoms. The van der Waals surface area contributed by atoms with Crippen LogP contribution in [-0.4, -0.2) is 21.7 Å². The minimum atomic E-state index is -0.510. The van der Waals surface area contributed by atoms with Gasteiger partial charge in [0, 0.05) is 18.7 Å². The van der Waals surface area contributed by atoms with Crippen LogP contribution in [0.25, 0.3) is 0 Å². The van der Waals surface area contributed by atoms with E-state index in [1.807, 2.05) is 0 Å². The second-order valence-corrected chi connectivity index (χ2v) is 6.29. The predicted octanol–water partition coefficient (Wildman–Crippen LogP) is 2.96. The molecule has 0 aliphatic rings. The molecule has 23 heavy (non-hydrogen) atoms. The number of anilines is 1. The summed E-state index contributed by atoms with van der Waals surface area (Å²) in [5.74, 6) is 0.581. The summed E-state index contributed by atoms with van der Waals surface area (Å²) >= 11 is 16.1. The third kappa shape index (κ3) is 7.40. The first kappa shape index (κ1) is 19.3. The highest BCUT2D eigenvalue weighted by Crippen LogP contribution is 2.26. The van der Waals surface area contributed by atoms with Crippen molar-refractivity contribution in [3.8, 4) is 0 Å². The zero-order chi connectivity index (χ0) is 17.4. The van der Waals surface area contributed by atoms with Crippen LogP contribution in [0.15, 0.2) is 18.2 Å². The van der Waals surface area contributed by atoms with E-state index in [-0.39, 0.29) is 10.8 Å². The maximum Gasteiger partial charge on any atom is 0.271 e. The Balaban J connectivity index is 2.46. The summed E-state index contributed by atoms with van der Waals surface area (Å²) in [4.78, 5) is 10.3. The molecule has 0 aliphatic carbocycles. The molecule has 0 fully saturated rings. The van der Waals surface area contributed by atoms with Crippen molar-refractivity contribution in [1.29, 1.82) is 0 Å². The van der Waals surface area contributed by atoms with Crippen LogP contribution in [0.4, 0.5) is 11.4 Å². The summed E-state index contributed by atoms with van der Waals surface area (Å²) in [6.07, 6.45) is 0.994. The van der Waals surface area contributed by atoms with Gasteiger partial charge in [0.1, 0.15) is 0 Å². The first-order chi connectivity index (χ1) is 10.8. The van der Waals surface area contributed by atoms with Crippen molar-refractivity contribution in [2.75, 3.05) is 11.9 Å². The number of nitrogens with one attached hydrogen (secondary N) is 4. The van der Waals surface area contributed by atoms with Gasteiger partial charge in [-0.1, -0.05) is 25.4 Å². The Kier molecular flexibility index (Phi) is 7.93. The molecule has 0 aliphatic heterocycles. The maximum absolute atomic E-state index is 10.8. The van der Waals surface area contributed by atoms with Crippen LogP contribution in [0.3, 0.4) is 0 Å². The van der Waals surface area contributed by atoms with Gasteiger partial charge in [-0.25, -0.2) is 0 Å². The van der Waals surface area contributed by atoms with Crippen molar-refractivity contribution in [3.05, 3.63) is 33.3 Å². The molecule has 1 aromatic rings. The van der Waals surface area contributed by atoms with Crippen molar-refractivity contribution in [3.63, 3.8) is 0 Å². The Morgan fingerprint density at radius 2 is 1.96 bits per heavy atom. The lowest BCUT2D eigenvalue weighted by atomic mass is 10.1. The largest absolute Gasteiger partial charge is 0.361 e. The van der Waals surface area contributed by atoms with Gasteiger partial charge in [-0.15, -0.1) is 0 Å². The zero-order valence-corrected chi connectivity index (χ0v) is 15.1. The van der Waals surface area contributed by atoms with Crippen molar-refractivity contribution in [2.24, 2.45) is 5.92 Å². The fraction of sp³-hybridized carbons (Fsp3) is 0.385. The number of hydrogen-bond acceptors (Lipinski definition) is 4. The van der Waals surface area contributed by atoms with Crippen molar-refractivity contribution >= 4 is 57.6 Å². The van der Waals surface area contributed by atoms with Gasteiger partial charge in [-0.05, 0) is 42.8 Å². The lowest BCUT2D eigenvalue weighted by Gasteiger charge is -2.15. The Labute approximate surface area is 150 Å². The average Bonchev–Trinajstić information content (AvgIpc) is 2.46. The van der Waals surface area contributed by atoms with E-state index in [1.165, 1.54) is 18.2 Å². The number of nitro benzene ring substituents is 1. The molecule has 0 saturated carbocycles. The molecule has 0 heterocycles. The van der Waals surface area contributed by atoms with Gasteiger partial charge in [0.15, 0.2) is 10.2 Å². The normalized spacial score (nSPS) is 10.1. The van der Waals surface area contributed by atoms with E-state index in [1.54, 1.807) is 0 Å². The minimum absolute atomic E-state index is 0.0847. The third-order valence-corrected chi connectivity index (χ3v) is 3.49. The molecule has 1 aromatic carbocycles. The second kappa shape index (κ2) is 9.43. The van der Waals surface area contributed by atoms with E-state index in [2.05, 4.69) is 35.3 Å². The molecule has 0 radical (unpaired) electrons. The SMILES string of the molecule is CC(C)CCNC(=S)NNC(=S)Nc1cc([N+](=O)[O-])ccc1Cl. The molecule has 0 aromatic heterocycles. The van der Waals surface area contributed by atoms with E-state index in [0.29, 0.717) is 21.7 Å². The molecule has 0 spiro atoms. The quantitative estimate of drug-likeness (QED) is 0.355. The molecule has 0 amide bonds. The Hall–Kier alpha value is -1.71. The molecular weight excluding hydrogens is 358 g/mol. The smallest absolute Gasteiger partial charge is 0.271 e. The minimum Gasteiger partial charge on any atom is -0.361 e. The number of benzene rings is 1. The average molecular weight is 376 g/mol. The molecule has 0 unspecified atom stereocenters. The summed E-state index contributed by atoms with van der Waals surface area (Å²) in [5, 5.41) is 17.5. The summed E-state index contributed by atoms with van der Waals surface area (Å²) in [6.45, 7) is 5.00. The van der Waals surface area contributed by atoms with Crippen molar-refractivity contribution in [2.45, 2.75) is 20.3 Å². The first-order valence-corrected chi connectivity index (χ1v) is 8.03. The van der Waals surface area contributed by atoms with Gasteiger partial charge in [0.05, 0.1) is 15.6 Å². The number of nitrogens with zero attached hydrogens (tertiary/aromatic N) is 1. The van der Waals surface area contributed by atoms with Gasteiger partial charge in [0.25, 0.3) is 5.69 Å². The standard InChI is InChI=1S/C13H18ClN5O2S2/c1-8(2)5-6-15-12(22)17-18-13(23)16-11-7-9(19(20)21)3-4-10(11)14/h3-4,7-8H,5-6H2,1-2H3,(H2,15,17,22)(H2,16,18,23). The Morgan fingerprint density at radius 3 is 2.57 bits per heavy atom. The number of non-ortho nitro benzene ring substituents is 1. The fourth-order valence-electron chi connectivity index (χ4n) is 1.51. The highest BCUT2D eigenvalue weighted by Gasteiger charge is 2.10. The van der Waals surface area contributed by atoms with E-state index in [9.17, 15) is 10.1 Å².